The maximum Gasteiger partial charge on any atom is 0.164 e. The van der Waals surface area contributed by atoms with Crippen LogP contribution in [0.2, 0.25) is 0 Å². The third-order valence-electron chi connectivity index (χ3n) is 13.0. The number of rotatable bonds is 5. The van der Waals surface area contributed by atoms with Gasteiger partial charge in [-0.25, -0.2) is 19.9 Å². The molecule has 64 heavy (non-hydrogen) atoms. The van der Waals surface area contributed by atoms with Crippen molar-refractivity contribution in [2.45, 2.75) is 15.2 Å². The van der Waals surface area contributed by atoms with Gasteiger partial charge in [0.15, 0.2) is 17.5 Å². The summed E-state index contributed by atoms with van der Waals surface area (Å²) in [7, 11) is 0. The molecular weight excluding hydrogens is 797 g/mol. The number of nitrogens with zero attached hydrogens (tertiary/aromatic N) is 4. The standard InChI is InChI=1S/C59H36N4S/c1-3-16-37(17-4-1)41-20-15-21-42(36-41)58-62-56(39-18-5-2-6-19-39)61-57(63-58)40-32-30-38(31-33-40)55-45-34-35-49-54(53(45)44-23-8-12-27-50(44)60-55)43-22-7-9-24-46(43)59(49)47-25-10-13-28-51(47)64-52-29-14-11-26-48(52)59/h1-36H. The lowest BCUT2D eigenvalue weighted by molar-refractivity contribution is 0.723. The summed E-state index contributed by atoms with van der Waals surface area (Å²) in [6.45, 7) is 0. The Labute approximate surface area is 375 Å². The van der Waals surface area contributed by atoms with Crippen LogP contribution in [0.5, 0.6) is 0 Å². The molecule has 1 spiro atoms. The number of para-hydroxylation sites is 1. The van der Waals surface area contributed by atoms with Crippen LogP contribution in [0.25, 0.3) is 89.4 Å². The first kappa shape index (κ1) is 36.6. The van der Waals surface area contributed by atoms with Crippen molar-refractivity contribution in [1.82, 2.24) is 19.9 Å². The highest BCUT2D eigenvalue weighted by Crippen LogP contribution is 2.63. The molecule has 0 amide bonds. The number of benzene rings is 9. The summed E-state index contributed by atoms with van der Waals surface area (Å²) < 4.78 is 0. The third kappa shape index (κ3) is 5.57. The molecule has 3 heterocycles. The molecule has 2 aromatic heterocycles. The van der Waals surface area contributed by atoms with Gasteiger partial charge in [0.1, 0.15) is 0 Å². The molecule has 13 rings (SSSR count). The van der Waals surface area contributed by atoms with Gasteiger partial charge in [0.25, 0.3) is 0 Å². The summed E-state index contributed by atoms with van der Waals surface area (Å²) >= 11 is 1.87. The van der Waals surface area contributed by atoms with Crippen molar-refractivity contribution in [2.24, 2.45) is 0 Å². The summed E-state index contributed by atoms with van der Waals surface area (Å²) in [6, 6.07) is 77.9. The summed E-state index contributed by atoms with van der Waals surface area (Å²) in [4.78, 5) is 23.2. The van der Waals surface area contributed by atoms with Crippen molar-refractivity contribution < 1.29 is 0 Å². The van der Waals surface area contributed by atoms with Crippen LogP contribution in [0, 0.1) is 0 Å². The quantitative estimate of drug-likeness (QED) is 0.162. The molecule has 0 saturated carbocycles. The lowest BCUT2D eigenvalue weighted by Gasteiger charge is -2.39. The molecular formula is C59H36N4S. The second kappa shape index (κ2) is 14.6. The van der Waals surface area contributed by atoms with Crippen molar-refractivity contribution in [3.8, 4) is 67.7 Å². The van der Waals surface area contributed by atoms with Crippen molar-refractivity contribution in [1.29, 1.82) is 0 Å². The van der Waals surface area contributed by atoms with E-state index in [-0.39, 0.29) is 0 Å². The molecule has 0 N–H and O–H groups in total. The van der Waals surface area contributed by atoms with Crippen LogP contribution in [-0.4, -0.2) is 19.9 Å². The predicted octanol–water partition coefficient (Wildman–Crippen LogP) is 14.7. The lowest BCUT2D eigenvalue weighted by Crippen LogP contribution is -2.31. The minimum atomic E-state index is -0.463. The summed E-state index contributed by atoms with van der Waals surface area (Å²) in [5.41, 5.74) is 15.3. The Bertz CT molecular complexity index is 3600. The molecule has 1 aliphatic heterocycles. The van der Waals surface area contributed by atoms with E-state index in [4.69, 9.17) is 19.9 Å². The van der Waals surface area contributed by atoms with E-state index in [0.29, 0.717) is 17.5 Å². The van der Waals surface area contributed by atoms with Crippen LogP contribution >= 0.6 is 11.8 Å². The molecule has 0 radical (unpaired) electrons. The van der Waals surface area contributed by atoms with Gasteiger partial charge in [-0.3, -0.25) is 0 Å². The fourth-order valence-corrected chi connectivity index (χ4v) is 11.4. The molecule has 5 heteroatoms. The smallest absolute Gasteiger partial charge is 0.164 e. The van der Waals surface area contributed by atoms with E-state index in [1.165, 1.54) is 48.6 Å². The Kier molecular flexibility index (Phi) is 8.33. The van der Waals surface area contributed by atoms with Crippen LogP contribution in [0.3, 0.4) is 0 Å². The number of aromatic nitrogens is 4. The first-order valence-electron chi connectivity index (χ1n) is 21.6. The van der Waals surface area contributed by atoms with Crippen LogP contribution in [-0.2, 0) is 5.41 Å². The molecule has 298 valence electrons. The van der Waals surface area contributed by atoms with E-state index in [9.17, 15) is 0 Å². The topological polar surface area (TPSA) is 51.6 Å². The highest BCUT2D eigenvalue weighted by atomic mass is 32.2. The van der Waals surface area contributed by atoms with E-state index in [0.717, 1.165) is 55.4 Å². The van der Waals surface area contributed by atoms with Crippen molar-refractivity contribution >= 4 is 33.4 Å². The third-order valence-corrected chi connectivity index (χ3v) is 14.1. The second-order valence-corrected chi connectivity index (χ2v) is 17.6. The molecule has 0 saturated heterocycles. The fraction of sp³-hybridized carbons (Fsp3) is 0.0169. The summed E-state index contributed by atoms with van der Waals surface area (Å²) in [5, 5.41) is 3.50. The summed E-state index contributed by atoms with van der Waals surface area (Å²) in [6.07, 6.45) is 0. The van der Waals surface area contributed by atoms with Gasteiger partial charge in [-0.1, -0.05) is 206 Å². The van der Waals surface area contributed by atoms with Gasteiger partial charge in [0.2, 0.25) is 0 Å². The normalized spacial score (nSPS) is 13.1. The molecule has 0 unspecified atom stereocenters. The highest BCUT2D eigenvalue weighted by molar-refractivity contribution is 7.99. The van der Waals surface area contributed by atoms with E-state index < -0.39 is 5.41 Å². The van der Waals surface area contributed by atoms with E-state index in [2.05, 4.69) is 182 Å². The SMILES string of the molecule is c1ccc(-c2cccc(-c3nc(-c4ccccc4)nc(-c4ccc(-c5nc6ccccc6c6c7c(ccc56)C5(c6ccccc6Sc6ccccc65)c5ccccc5-7)cc4)n3)c2)cc1. The number of fused-ring (bicyclic) bond motifs is 13. The highest BCUT2D eigenvalue weighted by Gasteiger charge is 2.50. The summed E-state index contributed by atoms with van der Waals surface area (Å²) in [5.74, 6) is 1.87. The average Bonchev–Trinajstić information content (AvgIpc) is 3.67. The maximum absolute atomic E-state index is 5.43. The van der Waals surface area contributed by atoms with Gasteiger partial charge in [0, 0.05) is 48.2 Å². The van der Waals surface area contributed by atoms with Crippen molar-refractivity contribution in [3.63, 3.8) is 0 Å². The van der Waals surface area contributed by atoms with Crippen molar-refractivity contribution in [3.05, 3.63) is 241 Å². The maximum atomic E-state index is 5.43. The lowest BCUT2D eigenvalue weighted by atomic mass is 9.67. The number of hydrogen-bond acceptors (Lipinski definition) is 5. The van der Waals surface area contributed by atoms with Crippen LogP contribution < -0.4 is 0 Å². The molecule has 0 atom stereocenters. The monoisotopic (exact) mass is 832 g/mol. The first-order chi connectivity index (χ1) is 31.7. The van der Waals surface area contributed by atoms with Gasteiger partial charge in [-0.15, -0.1) is 0 Å². The zero-order valence-corrected chi connectivity index (χ0v) is 35.3. The van der Waals surface area contributed by atoms with Crippen LogP contribution in [0.4, 0.5) is 0 Å². The number of hydrogen-bond donors (Lipinski definition) is 0. The zero-order chi connectivity index (χ0) is 42.2. The van der Waals surface area contributed by atoms with Gasteiger partial charge < -0.3 is 0 Å². The Balaban J connectivity index is 0.990. The Morgan fingerprint density at radius 1 is 0.328 bits per heavy atom. The second-order valence-electron chi connectivity index (χ2n) is 16.5. The Hall–Kier alpha value is -7.99. The fourth-order valence-electron chi connectivity index (χ4n) is 10.2. The Morgan fingerprint density at radius 2 is 0.859 bits per heavy atom. The molecule has 1 aliphatic carbocycles. The molecule has 4 nitrogen and oxygen atoms in total. The van der Waals surface area contributed by atoms with E-state index >= 15 is 0 Å². The van der Waals surface area contributed by atoms with E-state index in [1.54, 1.807) is 0 Å². The molecule has 9 aromatic carbocycles. The molecule has 2 aliphatic rings. The minimum Gasteiger partial charge on any atom is -0.247 e. The van der Waals surface area contributed by atoms with Gasteiger partial charge in [0.05, 0.1) is 16.6 Å². The minimum absolute atomic E-state index is 0.463. The Morgan fingerprint density at radius 3 is 1.58 bits per heavy atom. The first-order valence-corrected chi connectivity index (χ1v) is 22.4. The van der Waals surface area contributed by atoms with Crippen LogP contribution in [0.15, 0.2) is 228 Å². The zero-order valence-electron chi connectivity index (χ0n) is 34.5. The van der Waals surface area contributed by atoms with Gasteiger partial charge in [-0.05, 0) is 68.8 Å². The molecule has 0 bridgehead atoms. The van der Waals surface area contributed by atoms with Gasteiger partial charge >= 0.3 is 0 Å². The number of pyridine rings is 1. The largest absolute Gasteiger partial charge is 0.247 e. The molecule has 0 fully saturated rings. The van der Waals surface area contributed by atoms with E-state index in [1.807, 2.05) is 48.2 Å². The van der Waals surface area contributed by atoms with Crippen molar-refractivity contribution in [2.75, 3.05) is 0 Å². The molecule has 11 aromatic rings. The van der Waals surface area contributed by atoms with Crippen LogP contribution in [0.1, 0.15) is 22.3 Å². The predicted molar refractivity (Wildman–Crippen MR) is 261 cm³/mol. The van der Waals surface area contributed by atoms with Gasteiger partial charge in [-0.2, -0.15) is 0 Å². The average molecular weight is 833 g/mol.